The number of benzene rings is 1. The molecule has 19 heavy (non-hydrogen) atoms. The fourth-order valence-electron chi connectivity index (χ4n) is 2.10. The van der Waals surface area contributed by atoms with E-state index in [1.807, 2.05) is 18.2 Å². The van der Waals surface area contributed by atoms with Gasteiger partial charge in [0.25, 0.3) is 0 Å². The van der Waals surface area contributed by atoms with Crippen molar-refractivity contribution in [3.8, 4) is 5.75 Å². The topological polar surface area (TPSA) is 60.6 Å². The molecule has 3 nitrogen and oxygen atoms in total. The highest BCUT2D eigenvalue weighted by Crippen LogP contribution is 2.20. The molecule has 0 unspecified atom stereocenters. The molecule has 0 aromatic heterocycles. The van der Waals surface area contributed by atoms with Crippen LogP contribution in [0.5, 0.6) is 5.75 Å². The second-order valence-electron chi connectivity index (χ2n) is 4.68. The monoisotopic (exact) mass is 267 g/mol. The van der Waals surface area contributed by atoms with E-state index in [1.165, 1.54) is 44.1 Å². The average molecular weight is 267 g/mol. The Balaban J connectivity index is 0.00000324. The van der Waals surface area contributed by atoms with Gasteiger partial charge in [0.15, 0.2) is 0 Å². The van der Waals surface area contributed by atoms with Crippen LogP contribution in [0.1, 0.15) is 51.0 Å². The fraction of sp³-hybridized carbons (Fsp3) is 0.625. The van der Waals surface area contributed by atoms with Crippen LogP contribution >= 0.6 is 0 Å². The number of ether oxygens (including phenoxy) is 1. The summed E-state index contributed by atoms with van der Waals surface area (Å²) in [5, 5.41) is 10.5. The van der Waals surface area contributed by atoms with Crippen molar-refractivity contribution in [3.63, 3.8) is 0 Å². The van der Waals surface area contributed by atoms with Crippen LogP contribution in [0.4, 0.5) is 0 Å². The van der Waals surface area contributed by atoms with Crippen molar-refractivity contribution in [3.05, 3.63) is 29.8 Å². The van der Waals surface area contributed by atoms with E-state index < -0.39 is 0 Å². The van der Waals surface area contributed by atoms with E-state index in [-0.39, 0.29) is 18.7 Å². The molecule has 0 saturated heterocycles. The molecule has 0 atom stereocenters. The lowest BCUT2D eigenvalue weighted by atomic mass is 10.0. The number of rotatable bonds is 10. The highest BCUT2D eigenvalue weighted by molar-refractivity contribution is 5.33. The molecule has 3 heteroatoms. The van der Waals surface area contributed by atoms with Crippen LogP contribution in [0.3, 0.4) is 0 Å². The second-order valence-corrected chi connectivity index (χ2v) is 4.68. The quantitative estimate of drug-likeness (QED) is 0.598. The Morgan fingerprint density at radius 2 is 1.68 bits per heavy atom. The van der Waals surface area contributed by atoms with Gasteiger partial charge in [0.1, 0.15) is 19.0 Å². The number of hydrogen-bond acceptors (Lipinski definition) is 1. The van der Waals surface area contributed by atoms with E-state index in [4.69, 9.17) is 4.74 Å². The molecular weight excluding hydrogens is 240 g/mol. The molecule has 1 radical (unpaired) electrons. The van der Waals surface area contributed by atoms with Gasteiger partial charge in [0.2, 0.25) is 0 Å². The molecule has 1 aromatic rings. The molecule has 0 aliphatic heterocycles. The third-order valence-electron chi connectivity index (χ3n) is 3.11. The van der Waals surface area contributed by atoms with E-state index in [0.717, 1.165) is 12.2 Å². The molecule has 2 N–H and O–H groups in total. The molecule has 0 fully saturated rings. The SMILES string of the molecule is CCCCCCCCc1ccccc1OCC[O].O. The molecule has 0 amide bonds. The van der Waals surface area contributed by atoms with E-state index in [0.29, 0.717) is 0 Å². The average Bonchev–Trinajstić information content (AvgIpc) is 2.41. The van der Waals surface area contributed by atoms with Gasteiger partial charge in [-0.25, -0.2) is 5.11 Å². The van der Waals surface area contributed by atoms with E-state index in [1.54, 1.807) is 0 Å². The molecule has 0 spiro atoms. The molecule has 0 bridgehead atoms. The van der Waals surface area contributed by atoms with Gasteiger partial charge in [-0.1, -0.05) is 57.2 Å². The summed E-state index contributed by atoms with van der Waals surface area (Å²) in [5.41, 5.74) is 1.24. The summed E-state index contributed by atoms with van der Waals surface area (Å²) < 4.78 is 5.47. The Hall–Kier alpha value is -1.06. The predicted molar refractivity (Wildman–Crippen MR) is 78.2 cm³/mol. The second kappa shape index (κ2) is 12.0. The first-order valence-electron chi connectivity index (χ1n) is 7.17. The smallest absolute Gasteiger partial charge is 0.122 e. The van der Waals surface area contributed by atoms with Gasteiger partial charge in [-0.05, 0) is 24.5 Å². The minimum Gasteiger partial charge on any atom is -0.491 e. The van der Waals surface area contributed by atoms with Gasteiger partial charge in [-0.3, -0.25) is 0 Å². The third-order valence-corrected chi connectivity index (χ3v) is 3.11. The Kier molecular flexibility index (Phi) is 11.3. The lowest BCUT2D eigenvalue weighted by Crippen LogP contribution is -2.03. The molecule has 109 valence electrons. The van der Waals surface area contributed by atoms with Gasteiger partial charge in [0.05, 0.1) is 0 Å². The van der Waals surface area contributed by atoms with E-state index in [2.05, 4.69) is 13.0 Å². The van der Waals surface area contributed by atoms with Gasteiger partial charge in [-0.2, -0.15) is 0 Å². The maximum absolute atomic E-state index is 10.5. The van der Waals surface area contributed by atoms with Crippen molar-refractivity contribution < 1.29 is 15.3 Å². The largest absolute Gasteiger partial charge is 0.491 e. The van der Waals surface area contributed by atoms with Crippen LogP contribution in [0.15, 0.2) is 24.3 Å². The zero-order valence-corrected chi connectivity index (χ0v) is 12.0. The summed E-state index contributed by atoms with van der Waals surface area (Å²) in [6, 6.07) is 8.07. The summed E-state index contributed by atoms with van der Waals surface area (Å²) in [6.45, 7) is 2.34. The maximum Gasteiger partial charge on any atom is 0.122 e. The van der Waals surface area contributed by atoms with Crippen molar-refractivity contribution in [1.82, 2.24) is 0 Å². The van der Waals surface area contributed by atoms with Crippen molar-refractivity contribution >= 4 is 0 Å². The Labute approximate surface area is 116 Å². The molecule has 1 rings (SSSR count). The van der Waals surface area contributed by atoms with Crippen molar-refractivity contribution in [2.24, 2.45) is 0 Å². The number of aryl methyl sites for hydroxylation is 1. The number of unbranched alkanes of at least 4 members (excludes halogenated alkanes) is 5. The first-order chi connectivity index (χ1) is 8.88. The summed E-state index contributed by atoms with van der Waals surface area (Å²) in [4.78, 5) is 0. The van der Waals surface area contributed by atoms with Gasteiger partial charge in [-0.15, -0.1) is 0 Å². The van der Waals surface area contributed by atoms with Crippen LogP contribution in [-0.2, 0) is 11.5 Å². The minimum atomic E-state index is -0.175. The molecular formula is C16H27O3. The zero-order chi connectivity index (χ0) is 13.1. The fourth-order valence-corrected chi connectivity index (χ4v) is 2.10. The van der Waals surface area contributed by atoms with Crippen LogP contribution in [0.25, 0.3) is 0 Å². The zero-order valence-electron chi connectivity index (χ0n) is 12.0. The third kappa shape index (κ3) is 7.85. The highest BCUT2D eigenvalue weighted by Gasteiger charge is 2.02. The van der Waals surface area contributed by atoms with Crippen LogP contribution < -0.4 is 4.74 Å². The Bertz CT molecular complexity index is 313. The maximum atomic E-state index is 10.5. The molecule has 1 aromatic carbocycles. The Morgan fingerprint density at radius 1 is 1.00 bits per heavy atom. The van der Waals surface area contributed by atoms with Gasteiger partial charge < -0.3 is 10.2 Å². The van der Waals surface area contributed by atoms with Crippen LogP contribution in [-0.4, -0.2) is 18.7 Å². The molecule has 0 saturated carbocycles. The molecule has 0 aliphatic rings. The minimum absolute atomic E-state index is 0. The predicted octanol–water partition coefficient (Wildman–Crippen LogP) is 3.57. The Morgan fingerprint density at radius 3 is 2.42 bits per heavy atom. The normalized spacial score (nSPS) is 10.0. The van der Waals surface area contributed by atoms with Crippen molar-refractivity contribution in [2.45, 2.75) is 51.9 Å². The highest BCUT2D eigenvalue weighted by atomic mass is 16.5. The standard InChI is InChI=1S/C16H25O2.H2O/c1-2-3-4-5-6-7-10-15-11-8-9-12-16(15)18-14-13-17;/h8-9,11-12H,2-7,10,13-14H2,1H3;1H2. The lowest BCUT2D eigenvalue weighted by Gasteiger charge is -2.10. The van der Waals surface area contributed by atoms with Crippen LogP contribution in [0, 0.1) is 0 Å². The van der Waals surface area contributed by atoms with Gasteiger partial charge in [0, 0.05) is 0 Å². The van der Waals surface area contributed by atoms with Crippen molar-refractivity contribution in [1.29, 1.82) is 0 Å². The molecule has 0 heterocycles. The lowest BCUT2D eigenvalue weighted by molar-refractivity contribution is 0.137. The molecule has 0 aliphatic carbocycles. The van der Waals surface area contributed by atoms with E-state index >= 15 is 0 Å². The summed E-state index contributed by atoms with van der Waals surface area (Å²) in [5.74, 6) is 0.891. The summed E-state index contributed by atoms with van der Waals surface area (Å²) in [6.07, 6.45) is 8.88. The number of para-hydroxylation sites is 1. The van der Waals surface area contributed by atoms with E-state index in [9.17, 15) is 5.11 Å². The summed E-state index contributed by atoms with van der Waals surface area (Å²) in [7, 11) is 0. The van der Waals surface area contributed by atoms with Crippen molar-refractivity contribution in [2.75, 3.05) is 13.2 Å². The number of hydrogen-bond donors (Lipinski definition) is 0. The summed E-state index contributed by atoms with van der Waals surface area (Å²) >= 11 is 0. The van der Waals surface area contributed by atoms with Crippen LogP contribution in [0.2, 0.25) is 0 Å². The van der Waals surface area contributed by atoms with Gasteiger partial charge >= 0.3 is 0 Å². The first-order valence-corrected chi connectivity index (χ1v) is 7.17. The first kappa shape index (κ1) is 17.9.